The molecule has 0 amide bonds. The van der Waals surface area contributed by atoms with Crippen molar-refractivity contribution in [3.05, 3.63) is 33.5 Å². The highest BCUT2D eigenvalue weighted by Crippen LogP contribution is 2.28. The molecule has 0 aliphatic rings. The van der Waals surface area contributed by atoms with Gasteiger partial charge in [0.25, 0.3) is 6.43 Å². The molecule has 0 spiro atoms. The van der Waals surface area contributed by atoms with Crippen LogP contribution in [0.15, 0.2) is 12.3 Å². The maximum absolute atomic E-state index is 12.4. The van der Waals surface area contributed by atoms with Gasteiger partial charge in [-0.25, -0.2) is 8.78 Å². The van der Waals surface area contributed by atoms with Gasteiger partial charge in [-0.05, 0) is 16.0 Å². The lowest BCUT2D eigenvalue weighted by Gasteiger charge is -2.04. The number of hydrogen-bond acceptors (Lipinski definition) is 4. The summed E-state index contributed by atoms with van der Waals surface area (Å²) in [5.41, 5.74) is -0.835. The predicted molar refractivity (Wildman–Crippen MR) is 45.2 cm³/mol. The average Bonchev–Trinajstić information content (AvgIpc) is 2.17. The molecule has 0 N–H and O–H groups in total. The Morgan fingerprint density at radius 1 is 1.67 bits per heavy atom. The van der Waals surface area contributed by atoms with Gasteiger partial charge < -0.3 is 10.1 Å². The Balaban J connectivity index is 3.36. The standard InChI is InChI=1S/C8H5F2N3O2/c9-7(10)5-2-4-12-8(13(14)15)6(5)1-3-11/h2,4,7H,1H2. The number of pyridine rings is 1. The third kappa shape index (κ3) is 2.22. The minimum atomic E-state index is -2.85. The number of nitriles is 1. The van der Waals surface area contributed by atoms with Crippen molar-refractivity contribution >= 4 is 5.82 Å². The summed E-state index contributed by atoms with van der Waals surface area (Å²) in [5.74, 6) is -0.686. The zero-order valence-corrected chi connectivity index (χ0v) is 7.35. The first-order valence-corrected chi connectivity index (χ1v) is 3.85. The number of alkyl halides is 2. The molecule has 0 aliphatic carbocycles. The van der Waals surface area contributed by atoms with E-state index in [1.54, 1.807) is 6.07 Å². The predicted octanol–water partition coefficient (Wildman–Crippen LogP) is 1.99. The van der Waals surface area contributed by atoms with Crippen molar-refractivity contribution in [1.82, 2.24) is 4.98 Å². The van der Waals surface area contributed by atoms with Gasteiger partial charge in [0.05, 0.1) is 18.1 Å². The second kappa shape index (κ2) is 4.41. The molecule has 0 aliphatic heterocycles. The monoisotopic (exact) mass is 213 g/mol. The maximum Gasteiger partial charge on any atom is 0.368 e. The third-order valence-electron chi connectivity index (χ3n) is 1.73. The van der Waals surface area contributed by atoms with E-state index in [-0.39, 0.29) is 5.56 Å². The molecule has 1 heterocycles. The average molecular weight is 213 g/mol. The summed E-state index contributed by atoms with van der Waals surface area (Å²) >= 11 is 0. The lowest BCUT2D eigenvalue weighted by Crippen LogP contribution is -2.02. The Morgan fingerprint density at radius 2 is 2.33 bits per heavy atom. The van der Waals surface area contributed by atoms with Crippen LogP contribution in [0.4, 0.5) is 14.6 Å². The van der Waals surface area contributed by atoms with Gasteiger partial charge in [0.15, 0.2) is 0 Å². The van der Waals surface area contributed by atoms with Gasteiger partial charge in [-0.2, -0.15) is 5.26 Å². The summed E-state index contributed by atoms with van der Waals surface area (Å²) in [7, 11) is 0. The summed E-state index contributed by atoms with van der Waals surface area (Å²) in [4.78, 5) is 12.9. The van der Waals surface area contributed by atoms with E-state index in [4.69, 9.17) is 5.26 Å². The van der Waals surface area contributed by atoms with Crippen LogP contribution in [0, 0.1) is 21.4 Å². The lowest BCUT2D eigenvalue weighted by atomic mass is 10.1. The normalized spacial score (nSPS) is 10.0. The first kappa shape index (κ1) is 11.0. The van der Waals surface area contributed by atoms with Crippen molar-refractivity contribution in [1.29, 1.82) is 5.26 Å². The van der Waals surface area contributed by atoms with Gasteiger partial charge in [-0.15, -0.1) is 0 Å². The highest BCUT2D eigenvalue weighted by Gasteiger charge is 2.23. The summed E-state index contributed by atoms with van der Waals surface area (Å²) < 4.78 is 24.9. The Bertz CT molecular complexity index is 428. The van der Waals surface area contributed by atoms with Gasteiger partial charge in [0.1, 0.15) is 6.20 Å². The van der Waals surface area contributed by atoms with Crippen molar-refractivity contribution in [3.63, 3.8) is 0 Å². The van der Waals surface area contributed by atoms with E-state index in [0.29, 0.717) is 0 Å². The van der Waals surface area contributed by atoms with Crippen LogP contribution in [0.2, 0.25) is 0 Å². The minimum Gasteiger partial charge on any atom is -0.358 e. The number of nitrogens with zero attached hydrogens (tertiary/aromatic N) is 3. The molecule has 5 nitrogen and oxygen atoms in total. The number of hydrogen-bond donors (Lipinski definition) is 0. The molecule has 0 radical (unpaired) electrons. The van der Waals surface area contributed by atoms with Crippen molar-refractivity contribution < 1.29 is 13.7 Å². The summed E-state index contributed by atoms with van der Waals surface area (Å²) in [6, 6.07) is 2.57. The molecular weight excluding hydrogens is 208 g/mol. The van der Waals surface area contributed by atoms with Crippen LogP contribution >= 0.6 is 0 Å². The van der Waals surface area contributed by atoms with E-state index in [1.165, 1.54) is 0 Å². The Kier molecular flexibility index (Phi) is 3.23. The van der Waals surface area contributed by atoms with Gasteiger partial charge in [0.2, 0.25) is 0 Å². The van der Waals surface area contributed by atoms with Crippen LogP contribution in [0.1, 0.15) is 17.6 Å². The number of rotatable bonds is 3. The SMILES string of the molecule is N#CCc1c(C(F)F)ccnc1[N+](=O)[O-]. The highest BCUT2D eigenvalue weighted by atomic mass is 19.3. The van der Waals surface area contributed by atoms with Crippen LogP contribution in [-0.2, 0) is 6.42 Å². The van der Waals surface area contributed by atoms with Crippen molar-refractivity contribution in [2.24, 2.45) is 0 Å². The van der Waals surface area contributed by atoms with E-state index in [1.807, 2.05) is 0 Å². The van der Waals surface area contributed by atoms with E-state index >= 15 is 0 Å². The molecule has 1 rings (SSSR count). The van der Waals surface area contributed by atoms with Gasteiger partial charge in [0, 0.05) is 5.56 Å². The number of halogens is 2. The lowest BCUT2D eigenvalue weighted by molar-refractivity contribution is -0.390. The third-order valence-corrected chi connectivity index (χ3v) is 1.73. The molecule has 0 bridgehead atoms. The van der Waals surface area contributed by atoms with Crippen LogP contribution in [-0.4, -0.2) is 9.91 Å². The van der Waals surface area contributed by atoms with Crippen LogP contribution in [0.25, 0.3) is 0 Å². The fourth-order valence-corrected chi connectivity index (χ4v) is 1.12. The first-order valence-electron chi connectivity index (χ1n) is 3.85. The van der Waals surface area contributed by atoms with Crippen LogP contribution in [0.5, 0.6) is 0 Å². The van der Waals surface area contributed by atoms with E-state index < -0.39 is 29.2 Å². The second-order valence-corrected chi connectivity index (χ2v) is 2.60. The first-order chi connectivity index (χ1) is 7.07. The van der Waals surface area contributed by atoms with E-state index in [2.05, 4.69) is 4.98 Å². The van der Waals surface area contributed by atoms with Crippen molar-refractivity contribution in [2.45, 2.75) is 12.8 Å². The molecule has 1 aromatic rings. The summed E-state index contributed by atoms with van der Waals surface area (Å²) in [5, 5.41) is 18.8. The fraction of sp³-hybridized carbons (Fsp3) is 0.250. The molecule has 78 valence electrons. The number of aromatic nitrogens is 1. The van der Waals surface area contributed by atoms with Gasteiger partial charge in [-0.3, -0.25) is 0 Å². The fourth-order valence-electron chi connectivity index (χ4n) is 1.12. The largest absolute Gasteiger partial charge is 0.368 e. The second-order valence-electron chi connectivity index (χ2n) is 2.60. The number of nitro groups is 1. The summed E-state index contributed by atoms with van der Waals surface area (Å²) in [6.07, 6.45) is -2.38. The highest BCUT2D eigenvalue weighted by molar-refractivity contribution is 5.41. The zero-order valence-electron chi connectivity index (χ0n) is 7.35. The van der Waals surface area contributed by atoms with Crippen LogP contribution < -0.4 is 0 Å². The molecule has 0 saturated heterocycles. The Labute approximate surface area is 83.1 Å². The molecule has 1 aromatic heterocycles. The molecule has 0 saturated carbocycles. The molecule has 15 heavy (non-hydrogen) atoms. The molecule has 0 unspecified atom stereocenters. The topological polar surface area (TPSA) is 79.8 Å². The Hall–Kier alpha value is -2.10. The van der Waals surface area contributed by atoms with Gasteiger partial charge in [-0.1, -0.05) is 0 Å². The van der Waals surface area contributed by atoms with E-state index in [9.17, 15) is 18.9 Å². The van der Waals surface area contributed by atoms with Crippen molar-refractivity contribution in [3.8, 4) is 6.07 Å². The van der Waals surface area contributed by atoms with E-state index in [0.717, 1.165) is 12.3 Å². The summed E-state index contributed by atoms with van der Waals surface area (Å²) in [6.45, 7) is 0. The van der Waals surface area contributed by atoms with Crippen molar-refractivity contribution in [2.75, 3.05) is 0 Å². The quantitative estimate of drug-likeness (QED) is 0.568. The molecular formula is C8H5F2N3O2. The molecule has 0 atom stereocenters. The molecule has 7 heteroatoms. The maximum atomic E-state index is 12.4. The molecule has 0 fully saturated rings. The molecule has 0 aromatic carbocycles. The van der Waals surface area contributed by atoms with Crippen LogP contribution in [0.3, 0.4) is 0 Å². The smallest absolute Gasteiger partial charge is 0.358 e. The Morgan fingerprint density at radius 3 is 2.80 bits per heavy atom. The zero-order chi connectivity index (χ0) is 11.4. The van der Waals surface area contributed by atoms with Gasteiger partial charge >= 0.3 is 5.82 Å². The minimum absolute atomic E-state index is 0.319.